The van der Waals surface area contributed by atoms with Crippen LogP contribution in [0.3, 0.4) is 0 Å². The molecule has 0 aliphatic heterocycles. The van der Waals surface area contributed by atoms with Gasteiger partial charge >= 0.3 is 5.97 Å². The fraction of sp³-hybridized carbons (Fsp3) is 0.333. The standard InChI is InChI=1S/C12H12FNO4/c13-7-3-4-9(15)8(5-7)11(16)14-10(12(17)18)6-1-2-6/h3-6,10,15H,1-2H2,(H,14,16)(H,17,18). The first-order chi connectivity index (χ1) is 8.49. The molecule has 18 heavy (non-hydrogen) atoms. The normalized spacial score (nSPS) is 16.1. The van der Waals surface area contributed by atoms with Gasteiger partial charge in [-0.25, -0.2) is 9.18 Å². The van der Waals surface area contributed by atoms with Crippen molar-refractivity contribution in [1.82, 2.24) is 5.32 Å². The molecule has 5 nitrogen and oxygen atoms in total. The van der Waals surface area contributed by atoms with Crippen molar-refractivity contribution in [3.05, 3.63) is 29.6 Å². The number of halogens is 1. The Hall–Kier alpha value is -2.11. The van der Waals surface area contributed by atoms with Crippen LogP contribution in [0.5, 0.6) is 5.75 Å². The van der Waals surface area contributed by atoms with Crippen LogP contribution < -0.4 is 5.32 Å². The maximum atomic E-state index is 13.0. The van der Waals surface area contributed by atoms with Crippen LogP contribution in [-0.2, 0) is 4.79 Å². The molecule has 0 bridgehead atoms. The molecule has 3 N–H and O–H groups in total. The Labute approximate surface area is 102 Å². The molecule has 1 aromatic rings. The minimum absolute atomic E-state index is 0.0813. The van der Waals surface area contributed by atoms with Crippen molar-refractivity contribution in [2.75, 3.05) is 0 Å². The quantitative estimate of drug-likeness (QED) is 0.750. The summed E-state index contributed by atoms with van der Waals surface area (Å²) in [4.78, 5) is 22.7. The molecule has 2 rings (SSSR count). The number of phenols is 1. The molecule has 6 heteroatoms. The zero-order chi connectivity index (χ0) is 13.3. The van der Waals surface area contributed by atoms with Gasteiger partial charge in [-0.2, -0.15) is 0 Å². The average Bonchev–Trinajstić information content (AvgIpc) is 3.12. The third kappa shape index (κ3) is 2.58. The minimum Gasteiger partial charge on any atom is -0.507 e. The molecule has 0 saturated heterocycles. The molecule has 0 aromatic heterocycles. The highest BCUT2D eigenvalue weighted by Gasteiger charge is 2.37. The monoisotopic (exact) mass is 253 g/mol. The number of phenolic OH excluding ortho intramolecular Hbond substituents is 1. The van der Waals surface area contributed by atoms with Crippen LogP contribution in [0.1, 0.15) is 23.2 Å². The average molecular weight is 253 g/mol. The summed E-state index contributed by atoms with van der Waals surface area (Å²) >= 11 is 0. The zero-order valence-corrected chi connectivity index (χ0v) is 9.39. The molecule has 1 saturated carbocycles. The van der Waals surface area contributed by atoms with E-state index in [0.29, 0.717) is 0 Å². The molecule has 1 unspecified atom stereocenters. The number of rotatable bonds is 4. The molecule has 0 radical (unpaired) electrons. The minimum atomic E-state index is -1.12. The van der Waals surface area contributed by atoms with Crippen LogP contribution in [0.2, 0.25) is 0 Å². The van der Waals surface area contributed by atoms with Crippen molar-refractivity contribution >= 4 is 11.9 Å². The molecular weight excluding hydrogens is 241 g/mol. The highest BCUT2D eigenvalue weighted by molar-refractivity contribution is 5.98. The Morgan fingerprint density at radius 2 is 2.06 bits per heavy atom. The topological polar surface area (TPSA) is 86.6 Å². The van der Waals surface area contributed by atoms with E-state index in [9.17, 15) is 19.1 Å². The lowest BCUT2D eigenvalue weighted by Gasteiger charge is -2.14. The maximum absolute atomic E-state index is 13.0. The Bertz CT molecular complexity index is 499. The lowest BCUT2D eigenvalue weighted by molar-refractivity contribution is -0.139. The fourth-order valence-electron chi connectivity index (χ4n) is 1.72. The molecule has 0 heterocycles. The zero-order valence-electron chi connectivity index (χ0n) is 9.39. The number of carbonyl (C=O) groups excluding carboxylic acids is 1. The lowest BCUT2D eigenvalue weighted by atomic mass is 10.1. The first-order valence-corrected chi connectivity index (χ1v) is 5.51. The maximum Gasteiger partial charge on any atom is 0.326 e. The van der Waals surface area contributed by atoms with Gasteiger partial charge in [-0.15, -0.1) is 0 Å². The van der Waals surface area contributed by atoms with E-state index < -0.39 is 23.7 Å². The van der Waals surface area contributed by atoms with Gasteiger partial charge in [0.15, 0.2) is 0 Å². The predicted octanol–water partition coefficient (Wildman–Crippen LogP) is 1.12. The number of carboxylic acids is 1. The molecule has 1 atom stereocenters. The van der Waals surface area contributed by atoms with Crippen LogP contribution in [0.4, 0.5) is 4.39 Å². The number of carbonyl (C=O) groups is 2. The van der Waals surface area contributed by atoms with Crippen molar-refractivity contribution in [2.45, 2.75) is 18.9 Å². The summed E-state index contributed by atoms with van der Waals surface area (Å²) < 4.78 is 13.0. The number of aromatic hydroxyl groups is 1. The van der Waals surface area contributed by atoms with E-state index in [1.54, 1.807) is 0 Å². The number of nitrogens with one attached hydrogen (secondary N) is 1. The van der Waals surface area contributed by atoms with Crippen LogP contribution in [-0.4, -0.2) is 28.1 Å². The third-order valence-corrected chi connectivity index (χ3v) is 2.85. The predicted molar refractivity (Wildman–Crippen MR) is 59.7 cm³/mol. The van der Waals surface area contributed by atoms with Crippen molar-refractivity contribution in [3.8, 4) is 5.75 Å². The van der Waals surface area contributed by atoms with Crippen LogP contribution in [0.25, 0.3) is 0 Å². The van der Waals surface area contributed by atoms with Crippen molar-refractivity contribution < 1.29 is 24.2 Å². The summed E-state index contributed by atoms with van der Waals surface area (Å²) in [5.74, 6) is -3.04. The van der Waals surface area contributed by atoms with Crippen LogP contribution in [0, 0.1) is 11.7 Å². The summed E-state index contributed by atoms with van der Waals surface area (Å²) in [5.41, 5.74) is -0.262. The first kappa shape index (κ1) is 12.3. The second kappa shape index (κ2) is 4.64. The molecule has 96 valence electrons. The van der Waals surface area contributed by atoms with Crippen LogP contribution >= 0.6 is 0 Å². The van der Waals surface area contributed by atoms with Gasteiger partial charge in [0.1, 0.15) is 17.6 Å². The molecular formula is C12H12FNO4. The number of hydrogen-bond donors (Lipinski definition) is 3. The fourth-order valence-corrected chi connectivity index (χ4v) is 1.72. The largest absolute Gasteiger partial charge is 0.507 e. The summed E-state index contributed by atoms with van der Waals surface area (Å²) in [6.07, 6.45) is 1.48. The Balaban J connectivity index is 2.15. The second-order valence-corrected chi connectivity index (χ2v) is 4.29. The van der Waals surface area contributed by atoms with E-state index in [2.05, 4.69) is 5.32 Å². The molecule has 1 aliphatic carbocycles. The Morgan fingerprint density at radius 1 is 1.39 bits per heavy atom. The number of carboxylic acid groups (broad SMARTS) is 1. The van der Waals surface area contributed by atoms with E-state index in [1.807, 2.05) is 0 Å². The summed E-state index contributed by atoms with van der Waals surface area (Å²) in [5, 5.41) is 20.7. The van der Waals surface area contributed by atoms with Gasteiger partial charge in [-0.05, 0) is 37.0 Å². The second-order valence-electron chi connectivity index (χ2n) is 4.29. The third-order valence-electron chi connectivity index (χ3n) is 2.85. The molecule has 1 fully saturated rings. The highest BCUT2D eigenvalue weighted by atomic mass is 19.1. The number of amides is 1. The SMILES string of the molecule is O=C(NC(C(=O)O)C1CC1)c1cc(F)ccc1O. The van der Waals surface area contributed by atoms with Crippen molar-refractivity contribution in [2.24, 2.45) is 5.92 Å². The van der Waals surface area contributed by atoms with E-state index in [4.69, 9.17) is 5.11 Å². The Morgan fingerprint density at radius 3 is 2.61 bits per heavy atom. The summed E-state index contributed by atoms with van der Waals surface area (Å²) in [6, 6.07) is 1.95. The number of aliphatic carboxylic acids is 1. The van der Waals surface area contributed by atoms with Gasteiger partial charge in [-0.3, -0.25) is 4.79 Å². The number of hydrogen-bond acceptors (Lipinski definition) is 3. The van der Waals surface area contributed by atoms with Gasteiger partial charge in [0.2, 0.25) is 0 Å². The number of benzene rings is 1. The first-order valence-electron chi connectivity index (χ1n) is 5.51. The lowest BCUT2D eigenvalue weighted by Crippen LogP contribution is -2.42. The van der Waals surface area contributed by atoms with E-state index in [1.165, 1.54) is 0 Å². The van der Waals surface area contributed by atoms with Gasteiger partial charge < -0.3 is 15.5 Å². The van der Waals surface area contributed by atoms with Crippen LogP contribution in [0.15, 0.2) is 18.2 Å². The summed E-state index contributed by atoms with van der Waals surface area (Å²) in [6.45, 7) is 0. The highest BCUT2D eigenvalue weighted by Crippen LogP contribution is 2.33. The molecule has 1 aliphatic rings. The Kier molecular flexibility index (Phi) is 3.18. The molecule has 1 aromatic carbocycles. The smallest absolute Gasteiger partial charge is 0.326 e. The van der Waals surface area contributed by atoms with E-state index in [0.717, 1.165) is 31.0 Å². The van der Waals surface area contributed by atoms with Crippen molar-refractivity contribution in [1.29, 1.82) is 0 Å². The van der Waals surface area contributed by atoms with E-state index >= 15 is 0 Å². The van der Waals surface area contributed by atoms with Gasteiger partial charge in [0.05, 0.1) is 5.56 Å². The van der Waals surface area contributed by atoms with Gasteiger partial charge in [0.25, 0.3) is 5.91 Å². The molecule has 0 spiro atoms. The van der Waals surface area contributed by atoms with E-state index in [-0.39, 0.29) is 17.2 Å². The van der Waals surface area contributed by atoms with Crippen molar-refractivity contribution in [3.63, 3.8) is 0 Å². The van der Waals surface area contributed by atoms with Gasteiger partial charge in [0, 0.05) is 0 Å². The molecule has 1 amide bonds. The summed E-state index contributed by atoms with van der Waals surface area (Å²) in [7, 11) is 0. The van der Waals surface area contributed by atoms with Gasteiger partial charge in [-0.1, -0.05) is 0 Å².